The molecule has 1 unspecified atom stereocenters. The summed E-state index contributed by atoms with van der Waals surface area (Å²) < 4.78 is 23.1. The van der Waals surface area contributed by atoms with Crippen molar-refractivity contribution in [2.75, 3.05) is 20.3 Å². The number of carbonyl (C=O) groups excluding carboxylic acids is 1. The molecule has 5 heteroatoms. The molecule has 1 aromatic carbocycles. The van der Waals surface area contributed by atoms with Crippen molar-refractivity contribution >= 4 is 5.97 Å². The Morgan fingerprint density at radius 3 is 2.78 bits per heavy atom. The molecule has 100 valence electrons. The van der Waals surface area contributed by atoms with Gasteiger partial charge in [-0.15, -0.1) is 0 Å². The zero-order chi connectivity index (χ0) is 13.5. The van der Waals surface area contributed by atoms with Crippen molar-refractivity contribution < 1.29 is 18.7 Å². The average Bonchev–Trinajstić information content (AvgIpc) is 2.36. The number of ether oxygens (including phenoxy) is 2. The summed E-state index contributed by atoms with van der Waals surface area (Å²) in [7, 11) is 1.42. The topological polar surface area (TPSA) is 47.6 Å². The van der Waals surface area contributed by atoms with Crippen molar-refractivity contribution in [1.82, 2.24) is 5.32 Å². The van der Waals surface area contributed by atoms with E-state index >= 15 is 0 Å². The molecule has 0 saturated heterocycles. The third-order valence-electron chi connectivity index (χ3n) is 2.53. The van der Waals surface area contributed by atoms with E-state index in [2.05, 4.69) is 5.32 Å². The maximum absolute atomic E-state index is 13.5. The monoisotopic (exact) mass is 255 g/mol. The van der Waals surface area contributed by atoms with Gasteiger partial charge in [0.15, 0.2) is 11.6 Å². The van der Waals surface area contributed by atoms with E-state index in [0.717, 1.165) is 5.56 Å². The minimum atomic E-state index is -0.417. The molecule has 0 heterocycles. The van der Waals surface area contributed by atoms with Crippen LogP contribution in [0, 0.1) is 5.82 Å². The van der Waals surface area contributed by atoms with Gasteiger partial charge in [-0.05, 0) is 31.5 Å². The van der Waals surface area contributed by atoms with Crippen LogP contribution in [-0.2, 0) is 9.53 Å². The molecule has 0 aliphatic carbocycles. The fraction of sp³-hybridized carbons (Fsp3) is 0.462. The fourth-order valence-electron chi connectivity index (χ4n) is 1.52. The lowest BCUT2D eigenvalue weighted by Crippen LogP contribution is -2.27. The molecule has 0 aliphatic rings. The zero-order valence-electron chi connectivity index (χ0n) is 10.8. The normalized spacial score (nSPS) is 12.0. The van der Waals surface area contributed by atoms with Gasteiger partial charge in [0.25, 0.3) is 0 Å². The number of hydrogen-bond donors (Lipinski definition) is 1. The number of hydrogen-bond acceptors (Lipinski definition) is 4. The zero-order valence-corrected chi connectivity index (χ0v) is 10.8. The van der Waals surface area contributed by atoms with Gasteiger partial charge in [0.1, 0.15) is 0 Å². The number of methoxy groups -OCH3 is 1. The van der Waals surface area contributed by atoms with Gasteiger partial charge in [0.05, 0.1) is 20.3 Å². The highest BCUT2D eigenvalue weighted by molar-refractivity contribution is 5.71. The Morgan fingerprint density at radius 1 is 1.50 bits per heavy atom. The summed E-state index contributed by atoms with van der Waals surface area (Å²) in [6.45, 7) is 4.05. The Bertz CT molecular complexity index is 409. The van der Waals surface area contributed by atoms with Crippen LogP contribution in [0.15, 0.2) is 18.2 Å². The molecule has 0 spiro atoms. The van der Waals surface area contributed by atoms with Gasteiger partial charge < -0.3 is 14.8 Å². The Morgan fingerprint density at radius 2 is 2.22 bits per heavy atom. The van der Waals surface area contributed by atoms with Crippen LogP contribution in [0.4, 0.5) is 4.39 Å². The Hall–Kier alpha value is -1.62. The first-order valence-corrected chi connectivity index (χ1v) is 5.81. The van der Waals surface area contributed by atoms with E-state index < -0.39 is 5.82 Å². The smallest absolute Gasteiger partial charge is 0.319 e. The lowest BCUT2D eigenvalue weighted by atomic mass is 10.1. The average molecular weight is 255 g/mol. The summed E-state index contributed by atoms with van der Waals surface area (Å²) in [4.78, 5) is 11.2. The lowest BCUT2D eigenvalue weighted by Gasteiger charge is -2.14. The molecule has 0 aliphatic heterocycles. The third kappa shape index (κ3) is 4.00. The maximum atomic E-state index is 13.5. The van der Waals surface area contributed by atoms with Crippen molar-refractivity contribution in [2.24, 2.45) is 0 Å². The molecule has 1 N–H and O–H groups in total. The van der Waals surface area contributed by atoms with Crippen molar-refractivity contribution in [1.29, 1.82) is 0 Å². The lowest BCUT2D eigenvalue weighted by molar-refractivity contribution is -0.142. The predicted octanol–water partition coefficient (Wildman–Crippen LogP) is 2.05. The van der Waals surface area contributed by atoms with Crippen molar-refractivity contribution in [2.45, 2.75) is 19.9 Å². The van der Waals surface area contributed by atoms with Crippen LogP contribution in [0.3, 0.4) is 0 Å². The summed E-state index contributed by atoms with van der Waals surface area (Å²) in [5.41, 5.74) is 0.748. The van der Waals surface area contributed by atoms with E-state index in [-0.39, 0.29) is 24.3 Å². The molecule has 0 bridgehead atoms. The molecule has 0 aromatic heterocycles. The van der Waals surface area contributed by atoms with Crippen LogP contribution >= 0.6 is 0 Å². The molecule has 0 saturated carbocycles. The molecule has 18 heavy (non-hydrogen) atoms. The standard InChI is InChI=1S/C13H18FNO3/c1-4-18-13(16)8-15-9(2)10-5-6-12(17-3)11(14)7-10/h5-7,9,15H,4,8H2,1-3H3. The highest BCUT2D eigenvalue weighted by Crippen LogP contribution is 2.21. The van der Waals surface area contributed by atoms with Gasteiger partial charge in [0.2, 0.25) is 0 Å². The summed E-state index contributed by atoms with van der Waals surface area (Å²) >= 11 is 0. The molecular weight excluding hydrogens is 237 g/mol. The van der Waals surface area contributed by atoms with E-state index in [4.69, 9.17) is 9.47 Å². The number of esters is 1. The SMILES string of the molecule is CCOC(=O)CNC(C)c1ccc(OC)c(F)c1. The number of halogens is 1. The van der Waals surface area contributed by atoms with Gasteiger partial charge in [-0.3, -0.25) is 4.79 Å². The second-order valence-corrected chi connectivity index (χ2v) is 3.80. The molecule has 0 amide bonds. The fourth-order valence-corrected chi connectivity index (χ4v) is 1.52. The first-order valence-electron chi connectivity index (χ1n) is 5.81. The highest BCUT2D eigenvalue weighted by atomic mass is 19.1. The Labute approximate surface area is 106 Å². The van der Waals surface area contributed by atoms with Gasteiger partial charge in [-0.1, -0.05) is 6.07 Å². The summed E-state index contributed by atoms with van der Waals surface area (Å²) in [5, 5.41) is 2.97. The number of nitrogens with one attached hydrogen (secondary N) is 1. The first kappa shape index (κ1) is 14.4. The van der Waals surface area contributed by atoms with Gasteiger partial charge >= 0.3 is 5.97 Å². The van der Waals surface area contributed by atoms with Crippen LogP contribution in [0.25, 0.3) is 0 Å². The van der Waals surface area contributed by atoms with Crippen molar-refractivity contribution in [3.05, 3.63) is 29.6 Å². The molecule has 1 rings (SSSR count). The predicted molar refractivity (Wildman–Crippen MR) is 66.0 cm³/mol. The number of rotatable bonds is 6. The minimum Gasteiger partial charge on any atom is -0.494 e. The van der Waals surface area contributed by atoms with Crippen LogP contribution in [0.5, 0.6) is 5.75 Å². The highest BCUT2D eigenvalue weighted by Gasteiger charge is 2.11. The number of carbonyl (C=O) groups is 1. The largest absolute Gasteiger partial charge is 0.494 e. The summed E-state index contributed by atoms with van der Waals surface area (Å²) in [6, 6.07) is 4.56. The van der Waals surface area contributed by atoms with E-state index in [9.17, 15) is 9.18 Å². The third-order valence-corrected chi connectivity index (χ3v) is 2.53. The second-order valence-electron chi connectivity index (χ2n) is 3.80. The first-order chi connectivity index (χ1) is 8.58. The quantitative estimate of drug-likeness (QED) is 0.790. The van der Waals surface area contributed by atoms with Crippen LogP contribution in [-0.4, -0.2) is 26.2 Å². The minimum absolute atomic E-state index is 0.0999. The van der Waals surface area contributed by atoms with E-state index in [1.165, 1.54) is 13.2 Å². The molecule has 1 atom stereocenters. The molecular formula is C13H18FNO3. The maximum Gasteiger partial charge on any atom is 0.319 e. The molecule has 0 fully saturated rings. The van der Waals surface area contributed by atoms with Crippen molar-refractivity contribution in [3.8, 4) is 5.75 Å². The van der Waals surface area contributed by atoms with Crippen LogP contribution < -0.4 is 10.1 Å². The van der Waals surface area contributed by atoms with E-state index in [1.54, 1.807) is 19.1 Å². The van der Waals surface area contributed by atoms with Gasteiger partial charge in [-0.25, -0.2) is 4.39 Å². The van der Waals surface area contributed by atoms with E-state index in [0.29, 0.717) is 6.61 Å². The van der Waals surface area contributed by atoms with Gasteiger partial charge in [0, 0.05) is 6.04 Å². The number of benzene rings is 1. The van der Waals surface area contributed by atoms with Crippen molar-refractivity contribution in [3.63, 3.8) is 0 Å². The Kier molecular flexibility index (Phi) is 5.58. The molecule has 0 radical (unpaired) electrons. The van der Waals surface area contributed by atoms with Crippen LogP contribution in [0.2, 0.25) is 0 Å². The summed E-state index contributed by atoms with van der Waals surface area (Å²) in [6.07, 6.45) is 0. The van der Waals surface area contributed by atoms with Crippen LogP contribution in [0.1, 0.15) is 25.5 Å². The van der Waals surface area contributed by atoms with Gasteiger partial charge in [-0.2, -0.15) is 0 Å². The van der Waals surface area contributed by atoms with E-state index in [1.807, 2.05) is 6.92 Å². The molecule has 1 aromatic rings. The summed E-state index contributed by atoms with van der Waals surface area (Å²) in [5.74, 6) is -0.533. The molecule has 4 nitrogen and oxygen atoms in total. The second kappa shape index (κ2) is 6.96. The Balaban J connectivity index is 2.58.